The van der Waals surface area contributed by atoms with Gasteiger partial charge in [-0.3, -0.25) is 0 Å². The standard InChI is InChI=1S/C22H21NO2/c1-15-19(17-7-5-16(14-23)6-8-17)3-2-4-20(15)18-9-10-21-22(13-18)25-12-11-24-21/h2-10,13H,11-12,14,23H2,1H3. The fraction of sp³-hybridized carbons (Fsp3) is 0.182. The van der Waals surface area contributed by atoms with Crippen LogP contribution in [0.2, 0.25) is 0 Å². The van der Waals surface area contributed by atoms with Crippen LogP contribution < -0.4 is 15.2 Å². The maximum Gasteiger partial charge on any atom is 0.161 e. The molecule has 0 spiro atoms. The molecule has 0 bridgehead atoms. The highest BCUT2D eigenvalue weighted by molar-refractivity contribution is 5.79. The van der Waals surface area contributed by atoms with Crippen molar-refractivity contribution in [2.45, 2.75) is 13.5 Å². The van der Waals surface area contributed by atoms with E-state index in [0.717, 1.165) is 22.6 Å². The smallest absolute Gasteiger partial charge is 0.161 e. The topological polar surface area (TPSA) is 44.5 Å². The highest BCUT2D eigenvalue weighted by atomic mass is 16.6. The molecule has 3 nitrogen and oxygen atoms in total. The van der Waals surface area contributed by atoms with E-state index in [0.29, 0.717) is 19.8 Å². The van der Waals surface area contributed by atoms with E-state index in [1.165, 1.54) is 22.3 Å². The molecule has 1 heterocycles. The van der Waals surface area contributed by atoms with Crippen LogP contribution in [-0.2, 0) is 6.54 Å². The maximum atomic E-state index is 5.73. The summed E-state index contributed by atoms with van der Waals surface area (Å²) < 4.78 is 11.4. The molecule has 3 aromatic carbocycles. The summed E-state index contributed by atoms with van der Waals surface area (Å²) in [5, 5.41) is 0. The molecule has 1 aliphatic rings. The Morgan fingerprint density at radius 1 is 0.800 bits per heavy atom. The summed E-state index contributed by atoms with van der Waals surface area (Å²) in [6, 6.07) is 21.0. The lowest BCUT2D eigenvalue weighted by atomic mass is 9.92. The molecule has 0 aromatic heterocycles. The predicted octanol–water partition coefficient (Wildman–Crippen LogP) is 4.56. The average molecular weight is 331 g/mol. The first kappa shape index (κ1) is 15.7. The molecule has 126 valence electrons. The van der Waals surface area contributed by atoms with E-state index in [4.69, 9.17) is 15.2 Å². The van der Waals surface area contributed by atoms with E-state index < -0.39 is 0 Å². The quantitative estimate of drug-likeness (QED) is 0.765. The third-order valence-corrected chi connectivity index (χ3v) is 4.69. The Labute approximate surface area is 148 Å². The van der Waals surface area contributed by atoms with E-state index in [1.54, 1.807) is 0 Å². The van der Waals surface area contributed by atoms with Gasteiger partial charge in [-0.05, 0) is 52.4 Å². The highest BCUT2D eigenvalue weighted by Crippen LogP contribution is 2.37. The first-order valence-electron chi connectivity index (χ1n) is 8.55. The summed E-state index contributed by atoms with van der Waals surface area (Å²) in [4.78, 5) is 0. The Kier molecular flexibility index (Phi) is 4.16. The molecule has 3 aromatic rings. The summed E-state index contributed by atoms with van der Waals surface area (Å²) in [7, 11) is 0. The molecule has 4 rings (SSSR count). The van der Waals surface area contributed by atoms with Gasteiger partial charge in [-0.1, -0.05) is 48.5 Å². The van der Waals surface area contributed by atoms with E-state index in [1.807, 2.05) is 6.07 Å². The number of rotatable bonds is 3. The van der Waals surface area contributed by atoms with E-state index in [2.05, 4.69) is 61.5 Å². The van der Waals surface area contributed by atoms with Crippen molar-refractivity contribution < 1.29 is 9.47 Å². The second-order valence-corrected chi connectivity index (χ2v) is 6.24. The number of fused-ring (bicyclic) bond motifs is 1. The van der Waals surface area contributed by atoms with Crippen LogP contribution in [0.15, 0.2) is 60.7 Å². The Balaban J connectivity index is 1.76. The van der Waals surface area contributed by atoms with Crippen molar-refractivity contribution in [3.8, 4) is 33.8 Å². The van der Waals surface area contributed by atoms with Gasteiger partial charge in [0.05, 0.1) is 0 Å². The molecule has 1 aliphatic heterocycles. The van der Waals surface area contributed by atoms with Crippen molar-refractivity contribution in [2.24, 2.45) is 5.73 Å². The second-order valence-electron chi connectivity index (χ2n) is 6.24. The van der Waals surface area contributed by atoms with Gasteiger partial charge in [0.25, 0.3) is 0 Å². The Bertz CT molecular complexity index is 900. The van der Waals surface area contributed by atoms with Crippen LogP contribution in [0.4, 0.5) is 0 Å². The van der Waals surface area contributed by atoms with Crippen molar-refractivity contribution in [3.05, 3.63) is 71.8 Å². The van der Waals surface area contributed by atoms with Crippen LogP contribution in [0.1, 0.15) is 11.1 Å². The number of nitrogens with two attached hydrogens (primary N) is 1. The molecule has 0 saturated heterocycles. The molecule has 0 radical (unpaired) electrons. The van der Waals surface area contributed by atoms with Gasteiger partial charge in [-0.15, -0.1) is 0 Å². The number of hydrogen-bond donors (Lipinski definition) is 1. The molecule has 0 saturated carbocycles. The van der Waals surface area contributed by atoms with Gasteiger partial charge in [0.1, 0.15) is 13.2 Å². The third kappa shape index (κ3) is 2.99. The van der Waals surface area contributed by atoms with Crippen molar-refractivity contribution in [3.63, 3.8) is 0 Å². The molecular weight excluding hydrogens is 310 g/mol. The molecule has 0 atom stereocenters. The fourth-order valence-corrected chi connectivity index (χ4v) is 3.29. The minimum Gasteiger partial charge on any atom is -0.486 e. The summed E-state index contributed by atoms with van der Waals surface area (Å²) in [5.41, 5.74) is 12.9. The molecule has 0 aliphatic carbocycles. The first-order valence-corrected chi connectivity index (χ1v) is 8.55. The van der Waals surface area contributed by atoms with Crippen molar-refractivity contribution >= 4 is 0 Å². The van der Waals surface area contributed by atoms with E-state index in [9.17, 15) is 0 Å². The third-order valence-electron chi connectivity index (χ3n) is 4.69. The second kappa shape index (κ2) is 6.61. The Hall–Kier alpha value is -2.78. The predicted molar refractivity (Wildman–Crippen MR) is 101 cm³/mol. The van der Waals surface area contributed by atoms with Gasteiger partial charge >= 0.3 is 0 Å². The summed E-state index contributed by atoms with van der Waals surface area (Å²) in [6.07, 6.45) is 0. The molecule has 3 heteroatoms. The lowest BCUT2D eigenvalue weighted by Gasteiger charge is -2.19. The average Bonchev–Trinajstić information content (AvgIpc) is 2.68. The van der Waals surface area contributed by atoms with Crippen LogP contribution in [0.3, 0.4) is 0 Å². The molecule has 2 N–H and O–H groups in total. The number of ether oxygens (including phenoxy) is 2. The lowest BCUT2D eigenvalue weighted by molar-refractivity contribution is 0.171. The van der Waals surface area contributed by atoms with Gasteiger partial charge in [0, 0.05) is 6.54 Å². The van der Waals surface area contributed by atoms with E-state index in [-0.39, 0.29) is 0 Å². The van der Waals surface area contributed by atoms with E-state index >= 15 is 0 Å². The van der Waals surface area contributed by atoms with Crippen molar-refractivity contribution in [1.82, 2.24) is 0 Å². The van der Waals surface area contributed by atoms with Gasteiger partial charge in [0.2, 0.25) is 0 Å². The van der Waals surface area contributed by atoms with Gasteiger partial charge in [-0.2, -0.15) is 0 Å². The molecular formula is C22H21NO2. The summed E-state index contributed by atoms with van der Waals surface area (Å²) in [5.74, 6) is 1.64. The summed E-state index contributed by atoms with van der Waals surface area (Å²) in [6.45, 7) is 3.94. The van der Waals surface area contributed by atoms with Gasteiger partial charge in [0.15, 0.2) is 11.5 Å². The molecule has 0 fully saturated rings. The minimum atomic E-state index is 0.566. The molecule has 25 heavy (non-hydrogen) atoms. The molecule has 0 amide bonds. The monoisotopic (exact) mass is 331 g/mol. The zero-order chi connectivity index (χ0) is 17.2. The van der Waals surface area contributed by atoms with Crippen molar-refractivity contribution in [1.29, 1.82) is 0 Å². The first-order chi connectivity index (χ1) is 12.3. The molecule has 0 unspecified atom stereocenters. The van der Waals surface area contributed by atoms with Crippen LogP contribution >= 0.6 is 0 Å². The minimum absolute atomic E-state index is 0.566. The fourth-order valence-electron chi connectivity index (χ4n) is 3.29. The SMILES string of the molecule is Cc1c(-c2ccc(CN)cc2)cccc1-c1ccc2c(c1)OCCO2. The van der Waals surface area contributed by atoms with Crippen LogP contribution in [0, 0.1) is 6.92 Å². The van der Waals surface area contributed by atoms with Crippen LogP contribution in [-0.4, -0.2) is 13.2 Å². The Morgan fingerprint density at radius 2 is 1.44 bits per heavy atom. The largest absolute Gasteiger partial charge is 0.486 e. The number of hydrogen-bond acceptors (Lipinski definition) is 3. The van der Waals surface area contributed by atoms with Crippen LogP contribution in [0.25, 0.3) is 22.3 Å². The Morgan fingerprint density at radius 3 is 2.16 bits per heavy atom. The zero-order valence-electron chi connectivity index (χ0n) is 14.3. The van der Waals surface area contributed by atoms with Crippen LogP contribution in [0.5, 0.6) is 11.5 Å². The zero-order valence-corrected chi connectivity index (χ0v) is 14.3. The highest BCUT2D eigenvalue weighted by Gasteiger charge is 2.14. The summed E-state index contributed by atoms with van der Waals surface area (Å²) >= 11 is 0. The maximum absolute atomic E-state index is 5.73. The normalized spacial score (nSPS) is 12.9. The van der Waals surface area contributed by atoms with Gasteiger partial charge in [-0.25, -0.2) is 0 Å². The van der Waals surface area contributed by atoms with Crippen molar-refractivity contribution in [2.75, 3.05) is 13.2 Å². The lowest BCUT2D eigenvalue weighted by Crippen LogP contribution is -2.15. The number of benzene rings is 3. The van der Waals surface area contributed by atoms with Gasteiger partial charge < -0.3 is 15.2 Å².